The minimum atomic E-state index is -2.31. The molecule has 0 saturated heterocycles. The summed E-state index contributed by atoms with van der Waals surface area (Å²) in [7, 11) is 2.16. The van der Waals surface area contributed by atoms with Crippen molar-refractivity contribution in [2.75, 3.05) is 0 Å². The lowest BCUT2D eigenvalue weighted by molar-refractivity contribution is -0.648. The van der Waals surface area contributed by atoms with Crippen LogP contribution in [0.15, 0.2) is 322 Å². The summed E-state index contributed by atoms with van der Waals surface area (Å²) in [4.78, 5) is 22.4. The molecule has 115 heavy (non-hydrogen) atoms. The molecule has 0 amide bonds. The highest BCUT2D eigenvalue weighted by Crippen LogP contribution is 2.44. The number of nitrogens with zero attached hydrogens (tertiary/aromatic N) is 15. The highest BCUT2D eigenvalue weighted by atomic mass is 32.1. The number of benzene rings is 8. The van der Waals surface area contributed by atoms with E-state index in [1.54, 1.807) is 17.5 Å². The molecule has 20 heteroatoms. The smallest absolute Gasteiger partial charge is 0.386 e. The van der Waals surface area contributed by atoms with Crippen molar-refractivity contribution in [3.63, 3.8) is 0 Å². The normalized spacial score (nSPS) is 13.3. The van der Waals surface area contributed by atoms with Crippen molar-refractivity contribution in [1.29, 1.82) is 0 Å². The van der Waals surface area contributed by atoms with Crippen LogP contribution in [0.25, 0.3) is 183 Å². The van der Waals surface area contributed by atoms with Gasteiger partial charge in [-0.15, -0.1) is 9.13 Å². The minimum Gasteiger partial charge on any atom is -0.420 e. The number of oxazole rings is 3. The van der Waals surface area contributed by atoms with Crippen LogP contribution < -0.4 is 22.8 Å². The fraction of sp³-hybridized carbons (Fsp3) is 0.0737. The molecule has 8 aromatic carbocycles. The number of thiophene rings is 1. The zero-order chi connectivity index (χ0) is 78.2. The van der Waals surface area contributed by atoms with Gasteiger partial charge in [-0.3, -0.25) is 29.5 Å². The Balaban J connectivity index is 0.0000000850. The molecule has 20 heterocycles. The van der Waals surface area contributed by atoms with E-state index in [1.165, 1.54) is 92.5 Å². The Morgan fingerprint density at radius 2 is 0.722 bits per heavy atom. The number of hydrogen-bond donors (Lipinski definition) is 0. The van der Waals surface area contributed by atoms with E-state index in [-0.39, 0.29) is 0 Å². The molecule has 0 radical (unpaired) electrons. The summed E-state index contributed by atoms with van der Waals surface area (Å²) in [5.41, 5.74) is 27.4. The summed E-state index contributed by atoms with van der Waals surface area (Å²) in [6.45, 7) is 1.78. The monoisotopic (exact) mass is 1520 g/mol. The predicted molar refractivity (Wildman–Crippen MR) is 443 cm³/mol. The molecule has 0 bridgehead atoms. The van der Waals surface area contributed by atoms with Crippen LogP contribution in [0, 0.1) is 0 Å². The second-order valence-corrected chi connectivity index (χ2v) is 30.4. The molecule has 0 aliphatic carbocycles. The van der Waals surface area contributed by atoms with Gasteiger partial charge in [-0.1, -0.05) is 127 Å². The topological polar surface area (TPSA) is 161 Å². The molecule has 0 saturated carbocycles. The van der Waals surface area contributed by atoms with Crippen molar-refractivity contribution in [2.45, 2.75) is 32.7 Å². The number of pyridine rings is 5. The van der Waals surface area contributed by atoms with E-state index in [2.05, 4.69) is 225 Å². The van der Waals surface area contributed by atoms with Crippen molar-refractivity contribution in [1.82, 2.24) is 47.8 Å². The highest BCUT2D eigenvalue weighted by Gasteiger charge is 2.43. The van der Waals surface area contributed by atoms with Gasteiger partial charge in [0, 0.05) is 118 Å². The standard InChI is InChI=1S/2C22H17N4.C21H14N3O.C15H9N2O2.C15H9N2OS/c2*1-24-19-10-6-5-9-17(19)20-22(24)26(16-7-3-2-4-8-16)21-18-13-23-12-11-15(18)14-25(20)21;1-2-6-15(7-3-1)24-18-9-5-4-8-16(18)19-21(24)25-20-17-12-22-11-10-14(17)13-23(19)20;1-2-4-12-10(3-1)13-15(18-12)19-14-11-7-16-6-5-9(11)8-17(13)14;1-2-4-12-10(3-1)13-15(19-12)18-14-11-7-16-6-5-9(11)8-17(13)14/h2*2-13H,14H2,1H3;1-12H,13H2;2*1-7H,8H2/q5*+1/i1D3;;;;. The van der Waals surface area contributed by atoms with Gasteiger partial charge in [-0.2, -0.15) is 13.7 Å². The number of imidazole rings is 2. The number of aryl methyl sites for hydroxylation is 2. The van der Waals surface area contributed by atoms with Gasteiger partial charge in [-0.05, 0) is 127 Å². The van der Waals surface area contributed by atoms with Gasteiger partial charge in [0.25, 0.3) is 44.6 Å². The van der Waals surface area contributed by atoms with Crippen LogP contribution >= 0.6 is 11.3 Å². The Morgan fingerprint density at radius 1 is 0.330 bits per heavy atom. The summed E-state index contributed by atoms with van der Waals surface area (Å²) in [5, 5.41) is 5.81. The van der Waals surface area contributed by atoms with Gasteiger partial charge < -0.3 is 26.8 Å². The summed E-state index contributed by atoms with van der Waals surface area (Å²) < 4.78 is 72.0. The van der Waals surface area contributed by atoms with Gasteiger partial charge >= 0.3 is 29.0 Å². The van der Waals surface area contributed by atoms with Crippen molar-refractivity contribution in [3.05, 3.63) is 332 Å². The third-order valence-electron chi connectivity index (χ3n) is 23.2. The maximum atomic E-state index is 8.27. The molecule has 5 aliphatic rings. The summed E-state index contributed by atoms with van der Waals surface area (Å²) in [6, 6.07) is 82.6. The predicted octanol–water partition coefficient (Wildman–Crippen LogP) is 18.0. The third-order valence-corrected chi connectivity index (χ3v) is 24.2. The van der Waals surface area contributed by atoms with Crippen molar-refractivity contribution in [2.24, 2.45) is 14.0 Å². The molecule has 546 valence electrons. The molecule has 0 atom stereocenters. The van der Waals surface area contributed by atoms with Crippen LogP contribution in [0.2, 0.25) is 0 Å². The second-order valence-electron chi connectivity index (χ2n) is 29.4. The summed E-state index contributed by atoms with van der Waals surface area (Å²) >= 11 is 1.71. The van der Waals surface area contributed by atoms with Crippen LogP contribution in [-0.4, -0.2) is 47.8 Å². The molecule has 0 fully saturated rings. The van der Waals surface area contributed by atoms with Gasteiger partial charge in [0.15, 0.2) is 19.6 Å². The van der Waals surface area contributed by atoms with Crippen LogP contribution in [0.1, 0.15) is 31.9 Å². The Kier molecular flexibility index (Phi) is 13.6. The molecule has 0 N–H and O–H groups in total. The molecule has 15 aromatic heterocycles. The second kappa shape index (κ2) is 25.3. The summed E-state index contributed by atoms with van der Waals surface area (Å²) in [6.07, 6.45) is 18.7. The first-order valence-electron chi connectivity index (χ1n) is 39.7. The molecular weight excluding hydrogens is 1450 g/mol. The quantitative estimate of drug-likeness (QED) is 0.157. The van der Waals surface area contributed by atoms with E-state index in [4.69, 9.17) is 21.8 Å². The molecule has 23 aromatic rings. The average Bonchev–Trinajstić information content (AvgIpc) is 1.53. The maximum absolute atomic E-state index is 8.27. The van der Waals surface area contributed by atoms with E-state index in [9.17, 15) is 0 Å². The minimum absolute atomic E-state index is 0.589. The number of furan rings is 1. The number of rotatable bonds is 3. The van der Waals surface area contributed by atoms with E-state index in [0.29, 0.717) is 23.5 Å². The Bertz CT molecular complexity index is 7920. The lowest BCUT2D eigenvalue weighted by Gasteiger charge is -2.04. The van der Waals surface area contributed by atoms with Crippen molar-refractivity contribution < 1.29 is 44.6 Å². The largest absolute Gasteiger partial charge is 0.420 e. The number of fused-ring (bicyclic) bond motifs is 35. The first-order chi connectivity index (χ1) is 58.1. The number of hydrogen-bond acceptors (Lipinski definition) is 10. The van der Waals surface area contributed by atoms with E-state index in [1.807, 2.05) is 147 Å². The fourth-order valence-electron chi connectivity index (χ4n) is 18.2. The summed E-state index contributed by atoms with van der Waals surface area (Å²) in [5.74, 6) is 5.44. The molecule has 5 aliphatic heterocycles. The van der Waals surface area contributed by atoms with Gasteiger partial charge in [0.1, 0.15) is 46.7 Å². The lowest BCUT2D eigenvalue weighted by Crippen LogP contribution is -2.31. The van der Waals surface area contributed by atoms with E-state index >= 15 is 0 Å². The Labute approximate surface area is 662 Å². The van der Waals surface area contributed by atoms with Gasteiger partial charge in [-0.25, -0.2) is 9.13 Å². The molecule has 0 spiro atoms. The third kappa shape index (κ3) is 9.63. The van der Waals surface area contributed by atoms with Crippen LogP contribution in [0.3, 0.4) is 0 Å². The van der Waals surface area contributed by atoms with Crippen LogP contribution in [0.4, 0.5) is 0 Å². The number of para-hydroxylation sites is 7. The highest BCUT2D eigenvalue weighted by molar-refractivity contribution is 7.25. The molecule has 0 unspecified atom stereocenters. The molecule has 19 nitrogen and oxygen atoms in total. The average molecular weight is 1520 g/mol. The SMILES string of the molecule is Cn1c2ccccc2c2c1n(-c1ccccc1)c1[n+]2Cc2ccncc2-1.[2H]C([2H])([2H])n1c2ccccc2c2c1n(-c1ccccc1)c1[n+]2Cc2ccncc2-1.c1ccc(-n2c3ccccc3c3c2oc2[n+]3Cc3ccncc3-2)cc1.c1ccc2c(c1)oc1oc3[n+](c12)Cc1ccncc1-3.c1ccc2c(c1)sc1oc3[n+](c12)Cc1ccncc1-3. The van der Waals surface area contributed by atoms with Gasteiger partial charge in [0.2, 0.25) is 11.0 Å². The Hall–Kier alpha value is -15.0. The van der Waals surface area contributed by atoms with Gasteiger partial charge in [0.05, 0.1) is 54.6 Å². The zero-order valence-corrected chi connectivity index (χ0v) is 62.5. The van der Waals surface area contributed by atoms with Crippen molar-refractivity contribution in [3.8, 4) is 74.2 Å². The van der Waals surface area contributed by atoms with Crippen LogP contribution in [0.5, 0.6) is 0 Å². The first-order valence-corrected chi connectivity index (χ1v) is 39.0. The fourth-order valence-corrected chi connectivity index (χ4v) is 19.2. The first kappa shape index (κ1) is 61.7. The molecular formula is C95H66N15O4S+5. The van der Waals surface area contributed by atoms with E-state index < -0.39 is 6.98 Å². The van der Waals surface area contributed by atoms with E-state index in [0.717, 1.165) is 132 Å². The lowest BCUT2D eigenvalue weighted by atomic mass is 10.1. The number of aromatic nitrogens is 15. The zero-order valence-electron chi connectivity index (χ0n) is 64.7. The van der Waals surface area contributed by atoms with Crippen molar-refractivity contribution >= 4 is 120 Å². The molecule has 28 rings (SSSR count). The van der Waals surface area contributed by atoms with Crippen LogP contribution in [-0.2, 0) is 46.7 Å². The Morgan fingerprint density at radius 3 is 1.26 bits per heavy atom. The maximum Gasteiger partial charge on any atom is 0.386 e.